The molecule has 0 bridgehead atoms. The predicted molar refractivity (Wildman–Crippen MR) is 81.5 cm³/mol. The first-order valence-corrected chi connectivity index (χ1v) is 8.11. The van der Waals surface area contributed by atoms with Gasteiger partial charge in [-0.1, -0.05) is 5.16 Å². The molecular weight excluding hydrogens is 310 g/mol. The van der Waals surface area contributed by atoms with Crippen molar-refractivity contribution in [1.82, 2.24) is 10.0 Å². The van der Waals surface area contributed by atoms with Crippen LogP contribution in [0.2, 0.25) is 0 Å². The molecule has 0 aliphatic heterocycles. The first-order chi connectivity index (χ1) is 10.1. The third kappa shape index (κ3) is 5.82. The van der Waals surface area contributed by atoms with Crippen molar-refractivity contribution < 1.29 is 24.1 Å². The molecule has 8 nitrogen and oxygen atoms in total. The van der Waals surface area contributed by atoms with Crippen molar-refractivity contribution in [3.8, 4) is 0 Å². The second-order valence-electron chi connectivity index (χ2n) is 6.18. The molecule has 126 valence electrons. The Hall–Kier alpha value is -1.32. The minimum atomic E-state index is -1.16. The van der Waals surface area contributed by atoms with E-state index in [2.05, 4.69) is 19.9 Å². The van der Waals surface area contributed by atoms with E-state index in [0.29, 0.717) is 12.8 Å². The lowest BCUT2D eigenvalue weighted by atomic mass is 9.80. The van der Waals surface area contributed by atoms with Crippen LogP contribution in [-0.2, 0) is 25.7 Å². The van der Waals surface area contributed by atoms with Crippen molar-refractivity contribution >= 4 is 29.1 Å². The van der Waals surface area contributed by atoms with Gasteiger partial charge in [-0.2, -0.15) is 0 Å². The quantitative estimate of drug-likeness (QED) is 0.166. The smallest absolute Gasteiger partial charge is 0.303 e. The minimum Gasteiger partial charge on any atom is -0.598 e. The first kappa shape index (κ1) is 18.7. The molecule has 1 atom stereocenters. The number of nitrogens with one attached hydrogen (secondary N) is 2. The number of hydrogen-bond donors (Lipinski definition) is 3. The molecule has 0 saturated heterocycles. The fraction of sp³-hybridized carbons (Fsp3) is 0.769. The highest BCUT2D eigenvalue weighted by molar-refractivity contribution is 7.90. The average molecular weight is 333 g/mol. The van der Waals surface area contributed by atoms with Gasteiger partial charge in [-0.25, -0.2) is 0 Å². The molecule has 1 aliphatic rings. The van der Waals surface area contributed by atoms with Crippen molar-refractivity contribution in [3.63, 3.8) is 0 Å². The Balaban J connectivity index is 2.37. The highest BCUT2D eigenvalue weighted by Crippen LogP contribution is 2.30. The van der Waals surface area contributed by atoms with E-state index < -0.39 is 29.8 Å². The zero-order valence-electron chi connectivity index (χ0n) is 13.2. The molecule has 0 aromatic carbocycles. The van der Waals surface area contributed by atoms with Crippen LogP contribution in [0.3, 0.4) is 0 Å². The highest BCUT2D eigenvalue weighted by Gasteiger charge is 2.39. The van der Waals surface area contributed by atoms with Crippen molar-refractivity contribution in [2.45, 2.75) is 51.3 Å². The number of amides is 1. The third-order valence-electron chi connectivity index (χ3n) is 3.14. The summed E-state index contributed by atoms with van der Waals surface area (Å²) < 4.78 is 19.2. The lowest BCUT2D eigenvalue weighted by Crippen LogP contribution is -2.53. The summed E-state index contributed by atoms with van der Waals surface area (Å²) in [5.41, 5.74) is 0. The van der Waals surface area contributed by atoms with Gasteiger partial charge in [0.05, 0.1) is 6.04 Å². The Kier molecular flexibility index (Phi) is 6.64. The zero-order chi connectivity index (χ0) is 16.9. The lowest BCUT2D eigenvalue weighted by molar-refractivity contribution is -0.146. The molecule has 0 radical (unpaired) electrons. The van der Waals surface area contributed by atoms with Crippen molar-refractivity contribution in [3.05, 3.63) is 0 Å². The molecule has 1 unspecified atom stereocenters. The summed E-state index contributed by atoms with van der Waals surface area (Å²) in [5, 5.41) is 14.5. The van der Waals surface area contributed by atoms with Gasteiger partial charge in [-0.05, 0) is 33.6 Å². The molecule has 0 aromatic heterocycles. The Labute approximate surface area is 133 Å². The van der Waals surface area contributed by atoms with E-state index in [9.17, 15) is 14.1 Å². The van der Waals surface area contributed by atoms with Crippen LogP contribution in [0.1, 0.15) is 40.5 Å². The predicted octanol–water partition coefficient (Wildman–Crippen LogP) is 0.284. The van der Waals surface area contributed by atoms with Gasteiger partial charge in [0, 0.05) is 24.2 Å². The molecule has 0 heterocycles. The van der Waals surface area contributed by atoms with Crippen LogP contribution in [0.5, 0.6) is 0 Å². The fourth-order valence-corrected chi connectivity index (χ4v) is 2.67. The second kappa shape index (κ2) is 7.80. The minimum absolute atomic E-state index is 0.0483. The van der Waals surface area contributed by atoms with Crippen LogP contribution < -0.4 is 10.0 Å². The topological polar surface area (TPSA) is 123 Å². The van der Waals surface area contributed by atoms with Gasteiger partial charge in [0.2, 0.25) is 0 Å². The molecular formula is C13H23N3O5S. The van der Waals surface area contributed by atoms with Crippen molar-refractivity contribution in [2.75, 3.05) is 6.61 Å². The SMILES string of the molecule is CC(=O)OCC(=O)N/C(=N\O)C1CC(N[S+]([O-])C(C)(C)C)C1. The van der Waals surface area contributed by atoms with Gasteiger partial charge in [0.15, 0.2) is 12.4 Å². The molecule has 1 aliphatic carbocycles. The van der Waals surface area contributed by atoms with Crippen molar-refractivity contribution in [1.29, 1.82) is 0 Å². The number of oxime groups is 1. The summed E-state index contributed by atoms with van der Waals surface area (Å²) in [6.45, 7) is 6.41. The Morgan fingerprint density at radius 1 is 1.41 bits per heavy atom. The van der Waals surface area contributed by atoms with Gasteiger partial charge < -0.3 is 19.8 Å². The van der Waals surface area contributed by atoms with Crippen molar-refractivity contribution in [2.24, 2.45) is 11.1 Å². The summed E-state index contributed by atoms with van der Waals surface area (Å²) in [6.07, 6.45) is 1.21. The van der Waals surface area contributed by atoms with Crippen LogP contribution in [0.25, 0.3) is 0 Å². The molecule has 0 aromatic rings. The molecule has 1 fully saturated rings. The number of carbonyl (C=O) groups is 2. The Morgan fingerprint density at radius 3 is 2.45 bits per heavy atom. The third-order valence-corrected chi connectivity index (χ3v) is 4.80. The molecule has 1 rings (SSSR count). The number of amidine groups is 1. The fourth-order valence-electron chi connectivity index (χ4n) is 1.82. The van der Waals surface area contributed by atoms with E-state index >= 15 is 0 Å². The summed E-state index contributed by atoms with van der Waals surface area (Å²) in [5.74, 6) is -1.11. The summed E-state index contributed by atoms with van der Waals surface area (Å²) in [4.78, 5) is 22.1. The van der Waals surface area contributed by atoms with Gasteiger partial charge in [-0.3, -0.25) is 9.59 Å². The van der Waals surface area contributed by atoms with E-state index in [4.69, 9.17) is 5.21 Å². The monoisotopic (exact) mass is 333 g/mol. The number of carbonyl (C=O) groups excluding carboxylic acids is 2. The van der Waals surface area contributed by atoms with E-state index in [1.165, 1.54) is 6.92 Å². The standard InChI is InChI=1S/C13H23N3O5S/c1-8(17)21-7-11(18)14-12(15-19)9-5-10(6-9)16-22(20)13(2,3)4/h9-10,16,19H,5-7H2,1-4H3,(H,14,15,18). The number of nitrogens with zero attached hydrogens (tertiary/aromatic N) is 1. The molecule has 9 heteroatoms. The highest BCUT2D eigenvalue weighted by atomic mass is 32.2. The van der Waals surface area contributed by atoms with Gasteiger partial charge in [0.25, 0.3) is 5.91 Å². The number of hydrogen-bond acceptors (Lipinski definition) is 7. The molecule has 0 spiro atoms. The number of rotatable bonds is 5. The zero-order valence-corrected chi connectivity index (χ0v) is 14.0. The van der Waals surface area contributed by atoms with E-state index in [0.717, 1.165) is 0 Å². The van der Waals surface area contributed by atoms with Gasteiger partial charge in [-0.15, -0.1) is 4.72 Å². The Morgan fingerprint density at radius 2 is 2.00 bits per heavy atom. The normalized spacial score (nSPS) is 23.4. The molecule has 3 N–H and O–H groups in total. The van der Waals surface area contributed by atoms with Gasteiger partial charge >= 0.3 is 5.97 Å². The van der Waals surface area contributed by atoms with E-state index in [-0.39, 0.29) is 22.5 Å². The maximum absolute atomic E-state index is 11.9. The average Bonchev–Trinajstić information content (AvgIpc) is 2.36. The summed E-state index contributed by atoms with van der Waals surface area (Å²) in [7, 11) is 0. The van der Waals surface area contributed by atoms with Crippen LogP contribution in [0, 0.1) is 5.92 Å². The molecule has 22 heavy (non-hydrogen) atoms. The van der Waals surface area contributed by atoms with Crippen LogP contribution in [-0.4, -0.2) is 44.9 Å². The molecule has 1 amide bonds. The lowest BCUT2D eigenvalue weighted by Gasteiger charge is -2.37. The number of esters is 1. The van der Waals surface area contributed by atoms with Crippen LogP contribution >= 0.6 is 0 Å². The maximum Gasteiger partial charge on any atom is 0.303 e. The first-order valence-electron chi connectivity index (χ1n) is 6.96. The van der Waals surface area contributed by atoms with E-state index in [1.807, 2.05) is 20.8 Å². The van der Waals surface area contributed by atoms with Gasteiger partial charge in [0.1, 0.15) is 4.75 Å². The summed E-state index contributed by atoms with van der Waals surface area (Å²) >= 11 is -1.16. The van der Waals surface area contributed by atoms with Crippen LogP contribution in [0.15, 0.2) is 5.16 Å². The molecule has 1 saturated carbocycles. The largest absolute Gasteiger partial charge is 0.598 e. The van der Waals surface area contributed by atoms with E-state index in [1.54, 1.807) is 0 Å². The number of ether oxygens (including phenoxy) is 1. The summed E-state index contributed by atoms with van der Waals surface area (Å²) in [6, 6.07) is 0.0483. The Bertz CT molecular complexity index is 443. The maximum atomic E-state index is 11.9. The van der Waals surface area contributed by atoms with Crippen LogP contribution in [0.4, 0.5) is 0 Å². The second-order valence-corrected chi connectivity index (χ2v) is 8.18.